The summed E-state index contributed by atoms with van der Waals surface area (Å²) < 4.78 is 5.56. The molecular formula is C26H39B7N4O6. The van der Waals surface area contributed by atoms with E-state index in [1.54, 1.807) is 12.1 Å². The van der Waals surface area contributed by atoms with Crippen molar-refractivity contribution < 1.29 is 29.3 Å². The third kappa shape index (κ3) is 5.49. The molecule has 2 aliphatic heterocycles. The summed E-state index contributed by atoms with van der Waals surface area (Å²) in [7, 11) is 13.7. The Kier molecular flexibility index (Phi) is 9.43. The Hall–Kier alpha value is -2.86. The lowest BCUT2D eigenvalue weighted by Crippen LogP contribution is -2.79. The summed E-state index contributed by atoms with van der Waals surface area (Å²) in [5.41, 5.74) is 2.74. The van der Waals surface area contributed by atoms with Gasteiger partial charge in [-0.05, 0) is 23.3 Å². The Bertz CT molecular complexity index is 1450. The summed E-state index contributed by atoms with van der Waals surface area (Å²) in [5, 5.41) is 28.5. The Morgan fingerprint density at radius 2 is 1.63 bits per heavy atom. The average molecular weight is 579 g/mol. The van der Waals surface area contributed by atoms with Crippen molar-refractivity contribution in [2.45, 2.75) is 36.1 Å². The highest BCUT2D eigenvalue weighted by molar-refractivity contribution is 6.63. The van der Waals surface area contributed by atoms with Crippen LogP contribution >= 0.6 is 0 Å². The zero-order valence-corrected chi connectivity index (χ0v) is 26.7. The van der Waals surface area contributed by atoms with Gasteiger partial charge in [0.05, 0.1) is 18.7 Å². The molecule has 1 fully saturated rings. The summed E-state index contributed by atoms with van der Waals surface area (Å²) in [6.45, 7) is 4.56. The molecule has 43 heavy (non-hydrogen) atoms. The first-order chi connectivity index (χ1) is 20.1. The molecule has 4 N–H and O–H groups in total. The second-order valence-corrected chi connectivity index (χ2v) is 12.4. The summed E-state index contributed by atoms with van der Waals surface area (Å²) in [4.78, 5) is 42.6. The molecule has 17 heteroatoms. The topological polar surface area (TPSA) is 131 Å². The molecule has 2 aliphatic rings. The smallest absolute Gasteiger partial charge is 0.254 e. The Morgan fingerprint density at radius 3 is 2.21 bits per heavy atom. The summed E-state index contributed by atoms with van der Waals surface area (Å²) in [6, 6.07) is 5.37. The molecule has 0 spiro atoms. The predicted octanol–water partition coefficient (Wildman–Crippen LogP) is -9.96. The highest BCUT2D eigenvalue weighted by Gasteiger charge is 2.62. The van der Waals surface area contributed by atoms with Crippen LogP contribution in [0.2, 0.25) is 0 Å². The molecule has 2 amide bonds. The number of aldehydes is 1. The number of nitrogens with zero attached hydrogens (tertiary/aromatic N) is 2. The maximum absolute atomic E-state index is 13.8. The number of carbonyl (C=O) groups is 3. The van der Waals surface area contributed by atoms with Crippen molar-refractivity contribution in [3.05, 3.63) is 40.5 Å². The normalized spacial score (nSPS) is 19.5. The van der Waals surface area contributed by atoms with Crippen molar-refractivity contribution in [2.75, 3.05) is 38.7 Å². The Labute approximate surface area is 259 Å². The van der Waals surface area contributed by atoms with E-state index >= 15 is 0 Å². The van der Waals surface area contributed by atoms with Crippen LogP contribution in [0.5, 0.6) is 0 Å². The fourth-order valence-electron chi connectivity index (χ4n) is 6.40. The van der Waals surface area contributed by atoms with Crippen LogP contribution in [-0.4, -0.2) is 143 Å². The van der Waals surface area contributed by atoms with E-state index in [1.165, 1.54) is 60.6 Å². The number of morpholine rings is 1. The number of nitrogens with one attached hydrogen (secondary N) is 2. The van der Waals surface area contributed by atoms with E-state index in [1.807, 2.05) is 6.07 Å². The Balaban J connectivity index is 1.71. The second kappa shape index (κ2) is 12.3. The standard InChI is InChI=1S/C26H39B7N4O6/c1-34-23(40)25(32,26(33,42)24(31,41)12-38)37-11-15-13(22(37)39)3-2-4-17(15)35-9-14-16(10-36-5-7-43-8-6-36)19(28)21(30)20(29)18(14)27/h2-4,12,35,41-42H,5-11,27-33H2,1H3,(H,34,40). The van der Waals surface area contributed by atoms with Crippen LogP contribution in [0.1, 0.15) is 27.0 Å². The van der Waals surface area contributed by atoms with Gasteiger partial charge < -0.3 is 35.3 Å². The van der Waals surface area contributed by atoms with E-state index in [4.69, 9.17) is 4.74 Å². The highest BCUT2D eigenvalue weighted by Crippen LogP contribution is 2.39. The quantitative estimate of drug-likeness (QED) is 0.161. The molecule has 0 radical (unpaired) electrons. The molecule has 4 rings (SSSR count). The molecule has 3 unspecified atom stereocenters. The second-order valence-electron chi connectivity index (χ2n) is 12.4. The van der Waals surface area contributed by atoms with Gasteiger partial charge in [0.25, 0.3) is 5.91 Å². The predicted molar refractivity (Wildman–Crippen MR) is 187 cm³/mol. The number of fused-ring (bicyclic) bond motifs is 1. The van der Waals surface area contributed by atoms with Crippen LogP contribution in [0.25, 0.3) is 0 Å². The van der Waals surface area contributed by atoms with E-state index in [0.717, 1.165) is 46.4 Å². The first-order valence-corrected chi connectivity index (χ1v) is 14.8. The van der Waals surface area contributed by atoms with E-state index in [2.05, 4.69) is 46.9 Å². The number of hydrogen-bond acceptors (Lipinski definition) is 8. The van der Waals surface area contributed by atoms with Crippen molar-refractivity contribution in [2.24, 2.45) is 0 Å². The molecule has 0 aromatic heterocycles. The van der Waals surface area contributed by atoms with Crippen LogP contribution in [0.3, 0.4) is 0 Å². The van der Waals surface area contributed by atoms with Gasteiger partial charge in [0.2, 0.25) is 5.91 Å². The largest absolute Gasteiger partial charge is 0.394 e. The lowest BCUT2D eigenvalue weighted by atomic mass is 9.45. The number of carbonyl (C=O) groups excluding carboxylic acids is 3. The van der Waals surface area contributed by atoms with E-state index in [-0.39, 0.29) is 12.8 Å². The van der Waals surface area contributed by atoms with Crippen molar-refractivity contribution >= 4 is 101 Å². The van der Waals surface area contributed by atoms with Gasteiger partial charge in [-0.15, -0.1) is 10.9 Å². The van der Waals surface area contributed by atoms with Gasteiger partial charge in [-0.25, -0.2) is 0 Å². The van der Waals surface area contributed by atoms with Gasteiger partial charge in [0.15, 0.2) is 7.85 Å². The van der Waals surface area contributed by atoms with Gasteiger partial charge in [0, 0.05) is 56.6 Å². The SMILES string of the molecule is Bc1c(B)c(B)c(CN2CCOCC2)c(CNc2cccc3c2CN(C(B)(C(=O)NC)C(B)(O)C(B)(O)C=O)C3=O)c1B. The molecule has 2 aromatic rings. The molecule has 2 aromatic carbocycles. The van der Waals surface area contributed by atoms with Gasteiger partial charge in [0.1, 0.15) is 64.3 Å². The Morgan fingerprint density at radius 1 is 1.02 bits per heavy atom. The number of rotatable bonds is 10. The van der Waals surface area contributed by atoms with Crippen molar-refractivity contribution in [1.82, 2.24) is 15.1 Å². The summed E-state index contributed by atoms with van der Waals surface area (Å²) in [5.74, 6) is -1.18. The molecule has 220 valence electrons. The lowest BCUT2D eigenvalue weighted by Gasteiger charge is -2.52. The van der Waals surface area contributed by atoms with Gasteiger partial charge in [-0.2, -0.15) is 0 Å². The maximum Gasteiger partial charge on any atom is 0.254 e. The van der Waals surface area contributed by atoms with Crippen LogP contribution in [-0.2, 0) is 34.0 Å². The molecule has 0 bridgehead atoms. The number of hydrogen-bond donors (Lipinski definition) is 4. The van der Waals surface area contributed by atoms with E-state index in [0.29, 0.717) is 17.7 Å². The maximum atomic E-state index is 13.8. The molecule has 3 atom stereocenters. The van der Waals surface area contributed by atoms with Crippen molar-refractivity contribution in [3.8, 4) is 0 Å². The summed E-state index contributed by atoms with van der Waals surface area (Å²) in [6.07, 6.45) is 0.192. The fraction of sp³-hybridized carbons (Fsp3) is 0.423. The lowest BCUT2D eigenvalue weighted by molar-refractivity contribution is -0.151. The number of anilines is 1. The van der Waals surface area contributed by atoms with Crippen LogP contribution in [0.15, 0.2) is 18.2 Å². The molecular weight excluding hydrogens is 540 g/mol. The van der Waals surface area contributed by atoms with Crippen LogP contribution in [0, 0.1) is 0 Å². The number of benzene rings is 2. The first kappa shape index (κ1) is 33.0. The molecule has 0 aliphatic carbocycles. The third-order valence-corrected chi connectivity index (χ3v) is 10.2. The minimum atomic E-state index is -2.32. The first-order valence-electron chi connectivity index (χ1n) is 14.8. The fourth-order valence-corrected chi connectivity index (χ4v) is 6.40. The third-order valence-electron chi connectivity index (χ3n) is 10.2. The van der Waals surface area contributed by atoms with Gasteiger partial charge in [-0.3, -0.25) is 14.5 Å². The molecule has 2 heterocycles. The molecule has 10 nitrogen and oxygen atoms in total. The minimum absolute atomic E-state index is 0.00207. The van der Waals surface area contributed by atoms with E-state index < -0.39 is 28.3 Å². The van der Waals surface area contributed by atoms with Crippen LogP contribution in [0.4, 0.5) is 5.69 Å². The van der Waals surface area contributed by atoms with E-state index in [9.17, 15) is 24.6 Å². The average Bonchev–Trinajstić information content (AvgIpc) is 3.35. The van der Waals surface area contributed by atoms with Crippen LogP contribution < -0.4 is 32.5 Å². The van der Waals surface area contributed by atoms with Crippen molar-refractivity contribution in [3.63, 3.8) is 0 Å². The number of aliphatic hydroxyl groups is 2. The van der Waals surface area contributed by atoms with Gasteiger partial charge in [-0.1, -0.05) is 17.0 Å². The number of ether oxygens (including phenoxy) is 1. The molecule has 1 saturated heterocycles. The zero-order valence-electron chi connectivity index (χ0n) is 26.7. The molecule has 0 saturated carbocycles. The van der Waals surface area contributed by atoms with Gasteiger partial charge >= 0.3 is 0 Å². The summed E-state index contributed by atoms with van der Waals surface area (Å²) >= 11 is 0. The monoisotopic (exact) mass is 580 g/mol. The number of amides is 2. The minimum Gasteiger partial charge on any atom is -0.394 e. The zero-order chi connectivity index (χ0) is 31.9. The van der Waals surface area contributed by atoms with Crippen molar-refractivity contribution in [1.29, 1.82) is 0 Å². The highest BCUT2D eigenvalue weighted by atomic mass is 16.5. The number of likely N-dealkylation sites (N-methyl/N-ethyl adjacent to an activating group) is 1.